The quantitative estimate of drug-likeness (QED) is 0.702. The van der Waals surface area contributed by atoms with E-state index in [1.807, 2.05) is 0 Å². The minimum Gasteiger partial charge on any atom is -0.388 e. The van der Waals surface area contributed by atoms with Crippen LogP contribution in [-0.4, -0.2) is 29.6 Å². The molecule has 0 radical (unpaired) electrons. The first-order chi connectivity index (χ1) is 6.79. The van der Waals surface area contributed by atoms with Crippen molar-refractivity contribution >= 4 is 5.84 Å². The molecular weight excluding hydrogens is 176 g/mol. The molecule has 14 heavy (non-hydrogen) atoms. The van der Waals surface area contributed by atoms with Crippen molar-refractivity contribution in [3.05, 3.63) is 0 Å². The van der Waals surface area contributed by atoms with Gasteiger partial charge in [-0.1, -0.05) is 19.3 Å². The number of hydrogen-bond acceptors (Lipinski definition) is 3. The average molecular weight is 196 g/mol. The zero-order valence-corrected chi connectivity index (χ0v) is 8.76. The third-order valence-electron chi connectivity index (χ3n) is 3.28. The summed E-state index contributed by atoms with van der Waals surface area (Å²) in [6.07, 6.45) is 7.76. The highest BCUT2D eigenvalue weighted by Gasteiger charge is 2.29. The van der Waals surface area contributed by atoms with E-state index >= 15 is 0 Å². The van der Waals surface area contributed by atoms with Gasteiger partial charge in [0.15, 0.2) is 0 Å². The minimum absolute atomic E-state index is 0.455. The van der Waals surface area contributed by atoms with E-state index in [1.54, 1.807) is 0 Å². The molecule has 0 bridgehead atoms. The molecule has 1 saturated carbocycles. The van der Waals surface area contributed by atoms with E-state index in [2.05, 4.69) is 10.3 Å². The van der Waals surface area contributed by atoms with E-state index in [0.717, 1.165) is 31.6 Å². The van der Waals surface area contributed by atoms with Gasteiger partial charge in [0.2, 0.25) is 0 Å². The second-order valence-electron chi connectivity index (χ2n) is 4.57. The minimum atomic E-state index is -0.455. The van der Waals surface area contributed by atoms with E-state index in [4.69, 9.17) is 0 Å². The van der Waals surface area contributed by atoms with E-state index < -0.39 is 5.60 Å². The lowest BCUT2D eigenvalue weighted by Crippen LogP contribution is -2.43. The topological polar surface area (TPSA) is 44.6 Å². The monoisotopic (exact) mass is 196 g/mol. The molecule has 1 fully saturated rings. The Bertz CT molecular complexity index is 219. The van der Waals surface area contributed by atoms with E-state index in [1.165, 1.54) is 25.7 Å². The molecule has 2 rings (SSSR count). The van der Waals surface area contributed by atoms with Crippen LogP contribution < -0.4 is 5.32 Å². The molecule has 0 saturated heterocycles. The van der Waals surface area contributed by atoms with Gasteiger partial charge in [-0.05, 0) is 19.3 Å². The highest BCUT2D eigenvalue weighted by molar-refractivity contribution is 5.83. The van der Waals surface area contributed by atoms with Gasteiger partial charge < -0.3 is 10.4 Å². The highest BCUT2D eigenvalue weighted by Crippen LogP contribution is 2.27. The Balaban J connectivity index is 1.77. The van der Waals surface area contributed by atoms with Crippen molar-refractivity contribution in [1.82, 2.24) is 5.32 Å². The SMILES string of the molecule is OC1(CNC2=NCCC2)CCCCC1. The summed E-state index contributed by atoms with van der Waals surface area (Å²) in [6, 6.07) is 0. The molecule has 1 aliphatic heterocycles. The Hall–Kier alpha value is -0.570. The molecule has 0 atom stereocenters. The molecule has 0 aromatic heterocycles. The summed E-state index contributed by atoms with van der Waals surface area (Å²) < 4.78 is 0. The normalized spacial score (nSPS) is 25.9. The van der Waals surface area contributed by atoms with Crippen molar-refractivity contribution < 1.29 is 5.11 Å². The Kier molecular flexibility index (Phi) is 3.06. The number of nitrogens with one attached hydrogen (secondary N) is 1. The molecule has 3 heteroatoms. The first-order valence-corrected chi connectivity index (χ1v) is 5.78. The van der Waals surface area contributed by atoms with Crippen LogP contribution in [0, 0.1) is 0 Å². The fourth-order valence-electron chi connectivity index (χ4n) is 2.34. The molecule has 0 amide bonds. The van der Waals surface area contributed by atoms with Crippen LogP contribution in [0.5, 0.6) is 0 Å². The van der Waals surface area contributed by atoms with Gasteiger partial charge in [-0.15, -0.1) is 0 Å². The van der Waals surface area contributed by atoms with Crippen molar-refractivity contribution in [2.75, 3.05) is 13.1 Å². The molecule has 80 valence electrons. The smallest absolute Gasteiger partial charge is 0.0964 e. The van der Waals surface area contributed by atoms with Crippen LogP contribution in [0.25, 0.3) is 0 Å². The first kappa shape index (κ1) is 9.97. The summed E-state index contributed by atoms with van der Waals surface area (Å²) in [7, 11) is 0. The lowest BCUT2D eigenvalue weighted by Gasteiger charge is -2.32. The van der Waals surface area contributed by atoms with Gasteiger partial charge in [-0.25, -0.2) is 0 Å². The first-order valence-electron chi connectivity index (χ1n) is 5.78. The van der Waals surface area contributed by atoms with E-state index in [9.17, 15) is 5.11 Å². The summed E-state index contributed by atoms with van der Waals surface area (Å²) in [6.45, 7) is 1.66. The van der Waals surface area contributed by atoms with Crippen molar-refractivity contribution in [1.29, 1.82) is 0 Å². The molecule has 2 N–H and O–H groups in total. The van der Waals surface area contributed by atoms with E-state index in [-0.39, 0.29) is 0 Å². The maximum Gasteiger partial charge on any atom is 0.0964 e. The van der Waals surface area contributed by atoms with Crippen molar-refractivity contribution in [3.63, 3.8) is 0 Å². The lowest BCUT2D eigenvalue weighted by molar-refractivity contribution is 0.00871. The standard InChI is InChI=1S/C11H20N2O/c14-11(6-2-1-3-7-11)9-13-10-5-4-8-12-10/h14H,1-9H2,(H,12,13). The largest absolute Gasteiger partial charge is 0.388 e. The lowest BCUT2D eigenvalue weighted by atomic mass is 9.85. The summed E-state index contributed by atoms with van der Waals surface area (Å²) >= 11 is 0. The fourth-order valence-corrected chi connectivity index (χ4v) is 2.34. The van der Waals surface area contributed by atoms with Gasteiger partial charge in [-0.3, -0.25) is 4.99 Å². The number of hydrogen-bond donors (Lipinski definition) is 2. The van der Waals surface area contributed by atoms with Gasteiger partial charge in [0.25, 0.3) is 0 Å². The molecule has 1 aliphatic carbocycles. The molecule has 0 aromatic carbocycles. The van der Waals surface area contributed by atoms with Crippen LogP contribution in [0.4, 0.5) is 0 Å². The Morgan fingerprint density at radius 1 is 1.21 bits per heavy atom. The summed E-state index contributed by atoms with van der Waals surface area (Å²) in [5.41, 5.74) is -0.455. The Morgan fingerprint density at radius 3 is 2.64 bits per heavy atom. The van der Waals surface area contributed by atoms with Gasteiger partial charge in [0, 0.05) is 19.5 Å². The Labute approximate surface area is 85.6 Å². The molecule has 0 spiro atoms. The van der Waals surface area contributed by atoms with Crippen LogP contribution in [0.15, 0.2) is 4.99 Å². The van der Waals surface area contributed by atoms with Crippen molar-refractivity contribution in [3.8, 4) is 0 Å². The maximum atomic E-state index is 10.2. The number of aliphatic hydroxyl groups is 1. The summed E-state index contributed by atoms with van der Waals surface area (Å²) in [5.74, 6) is 1.10. The third kappa shape index (κ3) is 2.47. The van der Waals surface area contributed by atoms with Crippen LogP contribution in [0.2, 0.25) is 0 Å². The van der Waals surface area contributed by atoms with Crippen molar-refractivity contribution in [2.24, 2.45) is 4.99 Å². The average Bonchev–Trinajstić information content (AvgIpc) is 2.69. The number of aliphatic imine (C=N–C) groups is 1. The molecule has 2 aliphatic rings. The number of rotatable bonds is 2. The predicted octanol–water partition coefficient (Wildman–Crippen LogP) is 1.46. The second-order valence-corrected chi connectivity index (χ2v) is 4.57. The number of amidine groups is 1. The zero-order valence-electron chi connectivity index (χ0n) is 8.76. The van der Waals surface area contributed by atoms with Crippen molar-refractivity contribution in [2.45, 2.75) is 50.5 Å². The summed E-state index contributed by atoms with van der Waals surface area (Å²) in [5, 5.41) is 13.5. The summed E-state index contributed by atoms with van der Waals surface area (Å²) in [4.78, 5) is 4.35. The van der Waals surface area contributed by atoms with Gasteiger partial charge in [-0.2, -0.15) is 0 Å². The second kappa shape index (κ2) is 4.30. The zero-order chi connectivity index (χ0) is 9.86. The maximum absolute atomic E-state index is 10.2. The molecule has 0 unspecified atom stereocenters. The van der Waals surface area contributed by atoms with Crippen LogP contribution in [-0.2, 0) is 0 Å². The molecular formula is C11H20N2O. The van der Waals surface area contributed by atoms with Gasteiger partial charge >= 0.3 is 0 Å². The van der Waals surface area contributed by atoms with Gasteiger partial charge in [0.1, 0.15) is 0 Å². The fraction of sp³-hybridized carbons (Fsp3) is 0.909. The van der Waals surface area contributed by atoms with Crippen LogP contribution in [0.1, 0.15) is 44.9 Å². The highest BCUT2D eigenvalue weighted by atomic mass is 16.3. The molecule has 1 heterocycles. The molecule has 3 nitrogen and oxygen atoms in total. The third-order valence-corrected chi connectivity index (χ3v) is 3.28. The van der Waals surface area contributed by atoms with Crippen LogP contribution >= 0.6 is 0 Å². The Morgan fingerprint density at radius 2 is 2.00 bits per heavy atom. The molecule has 0 aromatic rings. The van der Waals surface area contributed by atoms with Crippen LogP contribution in [0.3, 0.4) is 0 Å². The predicted molar refractivity (Wildman–Crippen MR) is 57.6 cm³/mol. The van der Waals surface area contributed by atoms with Gasteiger partial charge in [0.05, 0.1) is 11.4 Å². The number of nitrogens with zero attached hydrogens (tertiary/aromatic N) is 1. The van der Waals surface area contributed by atoms with E-state index in [0.29, 0.717) is 6.54 Å².